The minimum absolute atomic E-state index is 0.263. The van der Waals surface area contributed by atoms with E-state index in [1.807, 2.05) is 0 Å². The Morgan fingerprint density at radius 2 is 2.10 bits per heavy atom. The van der Waals surface area contributed by atoms with Crippen molar-refractivity contribution in [2.24, 2.45) is 0 Å². The average molecular weight is 182 g/mol. The molecule has 0 aliphatic heterocycles. The zero-order chi connectivity index (χ0) is 8.15. The van der Waals surface area contributed by atoms with Crippen molar-refractivity contribution in [3.8, 4) is 0 Å². The van der Waals surface area contributed by atoms with Crippen LogP contribution in [0.2, 0.25) is 0 Å². The van der Waals surface area contributed by atoms with Crippen LogP contribution < -0.4 is 0 Å². The molecule has 0 aromatic heterocycles. The van der Waals surface area contributed by atoms with Crippen molar-refractivity contribution in [2.45, 2.75) is 11.4 Å². The molecule has 2 unspecified atom stereocenters. The highest BCUT2D eigenvalue weighted by molar-refractivity contribution is 7.85. The topological polar surface area (TPSA) is 57.5 Å². The fraction of sp³-hybridized carbons (Fsp3) is 0.800. The van der Waals surface area contributed by atoms with Crippen molar-refractivity contribution in [2.75, 3.05) is 12.4 Å². The number of carbonyl (C=O) groups excluding carboxylic acids is 1. The molecule has 60 valence electrons. The zero-order valence-corrected chi connectivity index (χ0v) is 7.05. The number of rotatable bonds is 4. The number of carbonyl (C=O) groups is 1. The summed E-state index contributed by atoms with van der Waals surface area (Å²) in [7, 11) is 0. The van der Waals surface area contributed by atoms with Crippen LogP contribution in [0, 0.1) is 0 Å². The predicted octanol–water partition coefficient (Wildman–Crippen LogP) is -0.863. The molecule has 0 heterocycles. The molecule has 0 spiro atoms. The van der Waals surface area contributed by atoms with Gasteiger partial charge in [-0.05, 0) is 0 Å². The molecule has 0 bridgehead atoms. The second-order valence-corrected chi connectivity index (χ2v) is 2.79. The first-order valence-electron chi connectivity index (χ1n) is 2.75. The Morgan fingerprint density at radius 1 is 1.60 bits per heavy atom. The summed E-state index contributed by atoms with van der Waals surface area (Å²) >= 11 is 7.62. The summed E-state index contributed by atoms with van der Waals surface area (Å²) in [5.74, 6) is -0.222. The van der Waals surface area contributed by atoms with Crippen LogP contribution in [0.5, 0.6) is 0 Å². The number of aliphatic hydroxyl groups excluding tert-OH is 2. The first-order chi connectivity index (χ1) is 4.63. The van der Waals surface area contributed by atoms with Gasteiger partial charge >= 0.3 is 0 Å². The summed E-state index contributed by atoms with van der Waals surface area (Å²) in [4.78, 5) is 10.8. The third kappa shape index (κ3) is 2.92. The Bertz CT molecular complexity index is 105. The van der Waals surface area contributed by atoms with E-state index in [4.69, 9.17) is 10.2 Å². The van der Waals surface area contributed by atoms with E-state index in [2.05, 4.69) is 25.3 Å². The van der Waals surface area contributed by atoms with Crippen molar-refractivity contribution in [3.05, 3.63) is 0 Å². The largest absolute Gasteiger partial charge is 0.393 e. The molecule has 0 saturated carbocycles. The average Bonchev–Trinajstić information content (AvgIpc) is 2.00. The van der Waals surface area contributed by atoms with Gasteiger partial charge in [0.2, 0.25) is 0 Å². The van der Waals surface area contributed by atoms with E-state index in [1.54, 1.807) is 0 Å². The summed E-state index contributed by atoms with van der Waals surface area (Å²) in [5, 5.41) is 16.5. The van der Waals surface area contributed by atoms with E-state index in [9.17, 15) is 4.79 Å². The molecule has 0 fully saturated rings. The summed E-state index contributed by atoms with van der Waals surface area (Å²) in [6.45, 7) is -0.552. The standard InChI is InChI=1S/C5H10O3S2/c6-1-3(7)5(8)4(10)2-9/h3-4,6-7,9-10H,1-2H2. The normalized spacial score (nSPS) is 16.4. The van der Waals surface area contributed by atoms with Gasteiger partial charge in [-0.15, -0.1) is 0 Å². The Balaban J connectivity index is 3.82. The molecule has 10 heavy (non-hydrogen) atoms. The van der Waals surface area contributed by atoms with Crippen LogP contribution in [0.1, 0.15) is 0 Å². The lowest BCUT2D eigenvalue weighted by Crippen LogP contribution is -2.32. The molecule has 3 nitrogen and oxygen atoms in total. The van der Waals surface area contributed by atoms with Gasteiger partial charge < -0.3 is 10.2 Å². The van der Waals surface area contributed by atoms with E-state index >= 15 is 0 Å². The maximum Gasteiger partial charge on any atom is 0.177 e. The number of hydrogen-bond acceptors (Lipinski definition) is 5. The molecule has 0 rings (SSSR count). The van der Waals surface area contributed by atoms with Gasteiger partial charge in [0.05, 0.1) is 11.9 Å². The SMILES string of the molecule is O=C(C(O)CO)C(S)CS. The maximum atomic E-state index is 10.8. The van der Waals surface area contributed by atoms with Gasteiger partial charge in [-0.1, -0.05) is 0 Å². The van der Waals surface area contributed by atoms with Gasteiger partial charge in [-0.2, -0.15) is 25.3 Å². The quantitative estimate of drug-likeness (QED) is 0.428. The summed E-state index contributed by atoms with van der Waals surface area (Å²) in [6.07, 6.45) is -1.31. The van der Waals surface area contributed by atoms with Crippen LogP contribution >= 0.6 is 25.3 Å². The molecule has 0 aromatic rings. The molecule has 0 aromatic carbocycles. The fourth-order valence-corrected chi connectivity index (χ4v) is 0.754. The predicted molar refractivity (Wildman–Crippen MR) is 44.7 cm³/mol. The smallest absolute Gasteiger partial charge is 0.177 e. The summed E-state index contributed by atoms with van der Waals surface area (Å²) in [5.41, 5.74) is 0. The molecule has 0 aliphatic rings. The monoisotopic (exact) mass is 182 g/mol. The van der Waals surface area contributed by atoms with E-state index in [0.717, 1.165) is 0 Å². The first-order valence-corrected chi connectivity index (χ1v) is 3.90. The number of Topliss-reactive ketones (excluding diaryl/α,β-unsaturated/α-hetero) is 1. The molecule has 0 aliphatic carbocycles. The second kappa shape index (κ2) is 5.01. The molecule has 0 radical (unpaired) electrons. The lowest BCUT2D eigenvalue weighted by molar-refractivity contribution is -0.127. The van der Waals surface area contributed by atoms with Crippen molar-refractivity contribution in [1.82, 2.24) is 0 Å². The molecular weight excluding hydrogens is 172 g/mol. The maximum absolute atomic E-state index is 10.8. The van der Waals surface area contributed by atoms with Gasteiger partial charge in [-0.25, -0.2) is 0 Å². The molecule has 2 atom stereocenters. The lowest BCUT2D eigenvalue weighted by Gasteiger charge is -2.09. The van der Waals surface area contributed by atoms with Crippen LogP contribution in [-0.2, 0) is 4.79 Å². The van der Waals surface area contributed by atoms with E-state index in [-0.39, 0.29) is 5.75 Å². The van der Waals surface area contributed by atoms with Crippen molar-refractivity contribution in [1.29, 1.82) is 0 Å². The van der Waals surface area contributed by atoms with Gasteiger partial charge in [-0.3, -0.25) is 4.79 Å². The van der Waals surface area contributed by atoms with Gasteiger partial charge in [0, 0.05) is 5.75 Å². The highest BCUT2D eigenvalue weighted by Gasteiger charge is 2.19. The van der Waals surface area contributed by atoms with Gasteiger partial charge in [0.25, 0.3) is 0 Å². The minimum atomic E-state index is -1.31. The van der Waals surface area contributed by atoms with E-state index in [0.29, 0.717) is 0 Å². The van der Waals surface area contributed by atoms with Crippen molar-refractivity contribution in [3.63, 3.8) is 0 Å². The van der Waals surface area contributed by atoms with Crippen LogP contribution in [-0.4, -0.2) is 39.7 Å². The Hall–Kier alpha value is 0.290. The van der Waals surface area contributed by atoms with E-state index < -0.39 is 23.7 Å². The molecule has 2 N–H and O–H groups in total. The molecule has 0 saturated heterocycles. The van der Waals surface area contributed by atoms with Gasteiger partial charge in [0.1, 0.15) is 6.10 Å². The number of hydrogen-bond donors (Lipinski definition) is 4. The molecule has 5 heteroatoms. The first kappa shape index (κ1) is 10.3. The van der Waals surface area contributed by atoms with Crippen molar-refractivity contribution >= 4 is 31.0 Å². The number of ketones is 1. The van der Waals surface area contributed by atoms with Crippen LogP contribution in [0.4, 0.5) is 0 Å². The highest BCUT2D eigenvalue weighted by atomic mass is 32.1. The zero-order valence-electron chi connectivity index (χ0n) is 5.27. The second-order valence-electron chi connectivity index (χ2n) is 1.80. The number of thiol groups is 2. The lowest BCUT2D eigenvalue weighted by atomic mass is 10.2. The molecule has 0 amide bonds. The third-order valence-electron chi connectivity index (χ3n) is 1.00. The molecular formula is C5H10O3S2. The summed E-state index contributed by atoms with van der Waals surface area (Å²) in [6, 6.07) is 0. The minimum Gasteiger partial charge on any atom is -0.393 e. The van der Waals surface area contributed by atoms with E-state index in [1.165, 1.54) is 0 Å². The Labute approximate surface area is 70.3 Å². The third-order valence-corrected chi connectivity index (χ3v) is 2.09. The van der Waals surface area contributed by atoms with Gasteiger partial charge in [0.15, 0.2) is 5.78 Å². The Kier molecular flexibility index (Phi) is 5.15. The summed E-state index contributed by atoms with van der Waals surface area (Å²) < 4.78 is 0. The van der Waals surface area contributed by atoms with Crippen LogP contribution in [0.15, 0.2) is 0 Å². The van der Waals surface area contributed by atoms with Crippen LogP contribution in [0.3, 0.4) is 0 Å². The number of aliphatic hydroxyl groups is 2. The Morgan fingerprint density at radius 3 is 2.40 bits per heavy atom. The van der Waals surface area contributed by atoms with Crippen LogP contribution in [0.25, 0.3) is 0 Å². The van der Waals surface area contributed by atoms with Crippen molar-refractivity contribution < 1.29 is 15.0 Å². The fourth-order valence-electron chi connectivity index (χ4n) is 0.402. The highest BCUT2D eigenvalue weighted by Crippen LogP contribution is 2.02.